The minimum Gasteiger partial charge on any atom is -0.477 e. The highest BCUT2D eigenvalue weighted by molar-refractivity contribution is 5.95. The quantitative estimate of drug-likeness (QED) is 0.568. The molecule has 0 saturated carbocycles. The average Bonchev–Trinajstić information content (AvgIpc) is 2.78. The van der Waals surface area contributed by atoms with E-state index in [1.807, 2.05) is 4.90 Å². The van der Waals surface area contributed by atoms with Gasteiger partial charge in [0, 0.05) is 44.6 Å². The number of benzene rings is 1. The fraction of sp³-hybridized carbons (Fsp3) is 0.348. The van der Waals surface area contributed by atoms with E-state index >= 15 is 4.39 Å². The van der Waals surface area contributed by atoms with E-state index in [0.29, 0.717) is 18.9 Å². The highest BCUT2D eigenvalue weighted by atomic mass is 19.4. The molecule has 3 aromatic rings. The second-order valence-electron chi connectivity index (χ2n) is 8.32. The maximum Gasteiger partial charge on any atom is 0.420 e. The van der Waals surface area contributed by atoms with E-state index in [4.69, 9.17) is 0 Å². The number of halogens is 4. The lowest BCUT2D eigenvalue weighted by atomic mass is 10.0. The van der Waals surface area contributed by atoms with Crippen LogP contribution in [-0.4, -0.2) is 46.8 Å². The zero-order valence-electron chi connectivity index (χ0n) is 18.4. The van der Waals surface area contributed by atoms with Crippen LogP contribution in [-0.2, 0) is 6.18 Å². The van der Waals surface area contributed by atoms with Gasteiger partial charge in [-0.1, -0.05) is 6.07 Å². The summed E-state index contributed by atoms with van der Waals surface area (Å²) < 4.78 is 59.7. The number of nitrogens with zero attached hydrogens (tertiary/aromatic N) is 4. The van der Waals surface area contributed by atoms with Gasteiger partial charge in [-0.3, -0.25) is 4.79 Å². The molecule has 11 heteroatoms. The summed E-state index contributed by atoms with van der Waals surface area (Å²) in [4.78, 5) is 31.7. The Labute approximate surface area is 191 Å². The molecule has 1 fully saturated rings. The molecule has 0 atom stereocenters. The van der Waals surface area contributed by atoms with Crippen molar-refractivity contribution in [2.24, 2.45) is 0 Å². The van der Waals surface area contributed by atoms with Gasteiger partial charge in [-0.05, 0) is 32.0 Å². The van der Waals surface area contributed by atoms with E-state index in [1.165, 1.54) is 4.90 Å². The molecule has 0 unspecified atom stereocenters. The van der Waals surface area contributed by atoms with Gasteiger partial charge in [0.1, 0.15) is 22.8 Å². The lowest BCUT2D eigenvalue weighted by Gasteiger charge is -2.38. The number of aromatic nitrogens is 2. The Morgan fingerprint density at radius 1 is 1.12 bits per heavy atom. The molecule has 3 heterocycles. The van der Waals surface area contributed by atoms with Crippen molar-refractivity contribution in [3.63, 3.8) is 0 Å². The van der Waals surface area contributed by atoms with Crippen molar-refractivity contribution in [1.82, 2.24) is 9.55 Å². The first-order valence-corrected chi connectivity index (χ1v) is 10.6. The number of carboxylic acid groups (broad SMARTS) is 1. The number of carbonyl (C=O) groups is 1. The van der Waals surface area contributed by atoms with Crippen LogP contribution < -0.4 is 15.2 Å². The Hall–Kier alpha value is -3.63. The Kier molecular flexibility index (Phi) is 5.96. The summed E-state index contributed by atoms with van der Waals surface area (Å²) in [6.07, 6.45) is -2.49. The summed E-state index contributed by atoms with van der Waals surface area (Å²) in [6.45, 7) is 3.96. The fourth-order valence-corrected chi connectivity index (χ4v) is 4.32. The molecule has 0 radical (unpaired) electrons. The topological polar surface area (TPSA) is 78.7 Å². The smallest absolute Gasteiger partial charge is 0.420 e. The second kappa shape index (κ2) is 8.62. The van der Waals surface area contributed by atoms with Gasteiger partial charge in [0.25, 0.3) is 0 Å². The number of aromatic carboxylic acids is 1. The lowest BCUT2D eigenvalue weighted by Crippen LogP contribution is -2.47. The molecule has 1 aliphatic rings. The molecule has 0 aliphatic carbocycles. The van der Waals surface area contributed by atoms with Crippen LogP contribution in [0.25, 0.3) is 10.9 Å². The van der Waals surface area contributed by atoms with Gasteiger partial charge < -0.3 is 19.5 Å². The molecular formula is C23H22F4N4O3. The van der Waals surface area contributed by atoms with Crippen LogP contribution in [0.4, 0.5) is 29.1 Å². The highest BCUT2D eigenvalue weighted by Crippen LogP contribution is 2.43. The standard InChI is InChI=1S/C23H22F4N4O3/c1-13(2)31-12-15(22(33)34)21(32)14-11-16(24)20(18(19(14)31)23(25,26)27)30-9-7-29(8-10-30)17-5-3-4-6-28-17/h3-6,11-13H,7-10H2,1-2H3,(H,33,34). The van der Waals surface area contributed by atoms with Crippen molar-refractivity contribution in [3.05, 3.63) is 63.8 Å². The molecule has 1 N–H and O–H groups in total. The lowest BCUT2D eigenvalue weighted by molar-refractivity contribution is -0.136. The molecule has 34 heavy (non-hydrogen) atoms. The number of fused-ring (bicyclic) bond motifs is 1. The number of piperazine rings is 1. The van der Waals surface area contributed by atoms with Gasteiger partial charge in [0.05, 0.1) is 16.6 Å². The number of hydrogen-bond donors (Lipinski definition) is 1. The van der Waals surface area contributed by atoms with Crippen molar-refractivity contribution in [2.75, 3.05) is 36.0 Å². The monoisotopic (exact) mass is 478 g/mol. The average molecular weight is 478 g/mol. The molecule has 180 valence electrons. The van der Waals surface area contributed by atoms with E-state index in [2.05, 4.69) is 4.98 Å². The van der Waals surface area contributed by atoms with Gasteiger partial charge >= 0.3 is 12.1 Å². The van der Waals surface area contributed by atoms with Crippen LogP contribution in [0.3, 0.4) is 0 Å². The zero-order chi connectivity index (χ0) is 24.8. The van der Waals surface area contributed by atoms with Crippen LogP contribution >= 0.6 is 0 Å². The number of alkyl halides is 3. The number of rotatable bonds is 4. The van der Waals surface area contributed by atoms with Gasteiger partial charge in [0.15, 0.2) is 0 Å². The summed E-state index contributed by atoms with van der Waals surface area (Å²) in [5.41, 5.74) is -4.32. The molecule has 1 aromatic carbocycles. The first-order chi connectivity index (χ1) is 16.0. The zero-order valence-corrected chi connectivity index (χ0v) is 18.4. The van der Waals surface area contributed by atoms with E-state index in [9.17, 15) is 27.9 Å². The molecule has 0 amide bonds. The molecule has 0 bridgehead atoms. The predicted molar refractivity (Wildman–Crippen MR) is 119 cm³/mol. The van der Waals surface area contributed by atoms with Crippen LogP contribution in [0.5, 0.6) is 0 Å². The summed E-state index contributed by atoms with van der Waals surface area (Å²) in [6, 6.07) is 5.44. The molecule has 0 spiro atoms. The molecule has 2 aromatic heterocycles. The number of hydrogen-bond acceptors (Lipinski definition) is 5. The largest absolute Gasteiger partial charge is 0.477 e. The molecule has 4 rings (SSSR count). The molecule has 7 nitrogen and oxygen atoms in total. The van der Waals surface area contributed by atoms with Crippen LogP contribution in [0.15, 0.2) is 41.5 Å². The van der Waals surface area contributed by atoms with Crippen LogP contribution in [0.1, 0.15) is 35.8 Å². The summed E-state index contributed by atoms with van der Waals surface area (Å²) in [5.74, 6) is -2.14. The highest BCUT2D eigenvalue weighted by Gasteiger charge is 2.41. The fourth-order valence-electron chi connectivity index (χ4n) is 4.32. The normalized spacial score (nSPS) is 14.8. The van der Waals surface area contributed by atoms with Crippen molar-refractivity contribution >= 4 is 28.4 Å². The maximum atomic E-state index is 15.3. The number of pyridine rings is 2. The van der Waals surface area contributed by atoms with Crippen molar-refractivity contribution in [2.45, 2.75) is 26.1 Å². The number of carboxylic acids is 1. The minimum absolute atomic E-state index is 0.0984. The third-order valence-corrected chi connectivity index (χ3v) is 5.88. The summed E-state index contributed by atoms with van der Waals surface area (Å²) in [5, 5.41) is 8.74. The van der Waals surface area contributed by atoms with Gasteiger partial charge in [-0.2, -0.15) is 13.2 Å². The Morgan fingerprint density at radius 3 is 2.29 bits per heavy atom. The van der Waals surface area contributed by atoms with Gasteiger partial charge in [-0.15, -0.1) is 0 Å². The second-order valence-corrected chi connectivity index (χ2v) is 8.32. The third-order valence-electron chi connectivity index (χ3n) is 5.88. The van der Waals surface area contributed by atoms with Crippen molar-refractivity contribution in [1.29, 1.82) is 0 Å². The molecular weight excluding hydrogens is 456 g/mol. The molecule has 1 saturated heterocycles. The van der Waals surface area contributed by atoms with Crippen molar-refractivity contribution < 1.29 is 27.5 Å². The predicted octanol–water partition coefficient (Wildman–Crippen LogP) is 4.16. The first-order valence-electron chi connectivity index (χ1n) is 10.6. The maximum absolute atomic E-state index is 15.3. The first kappa shape index (κ1) is 23.5. The van der Waals surface area contributed by atoms with Gasteiger partial charge in [0.2, 0.25) is 5.43 Å². The SMILES string of the molecule is CC(C)n1cc(C(=O)O)c(=O)c2cc(F)c(N3CCN(c4ccccn4)CC3)c(C(F)(F)F)c21. The summed E-state index contributed by atoms with van der Waals surface area (Å²) >= 11 is 0. The summed E-state index contributed by atoms with van der Waals surface area (Å²) in [7, 11) is 0. The molecule has 1 aliphatic heterocycles. The van der Waals surface area contributed by atoms with E-state index in [1.54, 1.807) is 38.2 Å². The van der Waals surface area contributed by atoms with Crippen LogP contribution in [0.2, 0.25) is 0 Å². The number of anilines is 2. The van der Waals surface area contributed by atoms with Crippen molar-refractivity contribution in [3.8, 4) is 0 Å². The van der Waals surface area contributed by atoms with Crippen LogP contribution in [0, 0.1) is 5.82 Å². The Balaban J connectivity index is 1.91. The van der Waals surface area contributed by atoms with Gasteiger partial charge in [-0.25, -0.2) is 14.2 Å². The van der Waals surface area contributed by atoms with E-state index in [0.717, 1.165) is 16.8 Å². The van der Waals surface area contributed by atoms with E-state index in [-0.39, 0.29) is 13.1 Å². The minimum atomic E-state index is -5.00. The van der Waals surface area contributed by atoms with E-state index < -0.39 is 57.2 Å². The Morgan fingerprint density at radius 2 is 1.76 bits per heavy atom. The third kappa shape index (κ3) is 4.06. The Bertz CT molecular complexity index is 1300.